The zero-order valence-electron chi connectivity index (χ0n) is 25.1. The van der Waals surface area contributed by atoms with Crippen molar-refractivity contribution >= 4 is 34.4 Å². The average Bonchev–Trinajstić information content (AvgIpc) is 3.26. The molecule has 0 aliphatic heterocycles. The number of nitrogens with zero attached hydrogens (tertiary/aromatic N) is 1. The molecule has 1 heterocycles. The molecule has 3 rings (SSSR count). The van der Waals surface area contributed by atoms with Crippen molar-refractivity contribution in [1.82, 2.24) is 4.57 Å². The van der Waals surface area contributed by atoms with Crippen LogP contribution in [0.15, 0.2) is 42.5 Å². The van der Waals surface area contributed by atoms with Gasteiger partial charge in [0.1, 0.15) is 12.4 Å². The molecular formula is C34H43NO7. The Morgan fingerprint density at radius 1 is 0.857 bits per heavy atom. The normalized spacial score (nSPS) is 11.0. The number of hydrogen-bond acceptors (Lipinski definition) is 6. The second-order valence-corrected chi connectivity index (χ2v) is 10.8. The van der Waals surface area contributed by atoms with E-state index in [0.29, 0.717) is 40.8 Å². The molecule has 0 radical (unpaired) electrons. The molecule has 1 aromatic heterocycles. The van der Waals surface area contributed by atoms with Gasteiger partial charge in [-0.25, -0.2) is 4.79 Å². The number of fused-ring (bicyclic) bond motifs is 1. The predicted octanol–water partition coefficient (Wildman–Crippen LogP) is 7.12. The molecule has 0 aliphatic rings. The van der Waals surface area contributed by atoms with E-state index in [9.17, 15) is 24.3 Å². The van der Waals surface area contributed by atoms with Crippen molar-refractivity contribution in [3.63, 3.8) is 0 Å². The van der Waals surface area contributed by atoms with Crippen LogP contribution in [0.3, 0.4) is 0 Å². The maximum Gasteiger partial charge on any atom is 0.335 e. The molecule has 0 atom stereocenters. The van der Waals surface area contributed by atoms with Crippen LogP contribution in [-0.4, -0.2) is 46.9 Å². The number of rotatable bonds is 19. The molecule has 2 aromatic carbocycles. The van der Waals surface area contributed by atoms with Gasteiger partial charge in [-0.1, -0.05) is 51.2 Å². The molecule has 0 unspecified atom stereocenters. The Morgan fingerprint density at radius 3 is 2.24 bits per heavy atom. The van der Waals surface area contributed by atoms with Crippen LogP contribution in [0.4, 0.5) is 0 Å². The van der Waals surface area contributed by atoms with E-state index in [2.05, 4.69) is 11.7 Å². The predicted molar refractivity (Wildman–Crippen MR) is 162 cm³/mol. The number of aromatic nitrogens is 1. The van der Waals surface area contributed by atoms with Gasteiger partial charge in [-0.05, 0) is 68.5 Å². The summed E-state index contributed by atoms with van der Waals surface area (Å²) in [5.41, 5.74) is 2.93. The minimum Gasteiger partial charge on any atom is -0.486 e. The van der Waals surface area contributed by atoms with Gasteiger partial charge in [-0.15, -0.1) is 0 Å². The van der Waals surface area contributed by atoms with E-state index < -0.39 is 5.97 Å². The summed E-state index contributed by atoms with van der Waals surface area (Å²) in [5.74, 6) is -1.13. The summed E-state index contributed by atoms with van der Waals surface area (Å²) in [6.07, 6.45) is 9.98. The number of carboxylic acids is 1. The molecule has 0 aliphatic carbocycles. The molecule has 0 saturated carbocycles. The second kappa shape index (κ2) is 16.5. The number of Topliss-reactive ketones (excluding diaryl/α,β-unsaturated/α-hetero) is 2. The summed E-state index contributed by atoms with van der Waals surface area (Å²) in [6, 6.07) is 12.4. The number of ketones is 2. The van der Waals surface area contributed by atoms with Crippen molar-refractivity contribution < 1.29 is 33.8 Å². The number of esters is 1. The third-order valence-corrected chi connectivity index (χ3v) is 7.59. The lowest BCUT2D eigenvalue weighted by Crippen LogP contribution is -2.19. The van der Waals surface area contributed by atoms with Crippen molar-refractivity contribution in [2.45, 2.75) is 91.0 Å². The molecule has 3 aromatic rings. The first-order valence-electron chi connectivity index (χ1n) is 14.9. The lowest BCUT2D eigenvalue weighted by molar-refractivity contribution is -0.140. The van der Waals surface area contributed by atoms with Crippen LogP contribution in [0.5, 0.6) is 5.75 Å². The third-order valence-electron chi connectivity index (χ3n) is 7.59. The van der Waals surface area contributed by atoms with Crippen molar-refractivity contribution in [2.75, 3.05) is 13.7 Å². The zero-order chi connectivity index (χ0) is 30.5. The number of carbonyl (C=O) groups is 4. The highest BCUT2D eigenvalue weighted by Gasteiger charge is 2.22. The lowest BCUT2D eigenvalue weighted by atomic mass is 10.0. The number of hydrogen-bond donors (Lipinski definition) is 1. The first-order chi connectivity index (χ1) is 20.2. The van der Waals surface area contributed by atoms with E-state index in [1.54, 1.807) is 17.6 Å². The maximum absolute atomic E-state index is 13.3. The molecule has 0 bridgehead atoms. The van der Waals surface area contributed by atoms with Gasteiger partial charge in [0.25, 0.3) is 0 Å². The molecule has 0 fully saturated rings. The Labute approximate surface area is 248 Å². The molecule has 0 saturated heterocycles. The quantitative estimate of drug-likeness (QED) is 0.0917. The van der Waals surface area contributed by atoms with Crippen LogP contribution in [-0.2, 0) is 27.3 Å². The Hall–Kier alpha value is -3.94. The summed E-state index contributed by atoms with van der Waals surface area (Å²) in [6.45, 7) is 3.84. The summed E-state index contributed by atoms with van der Waals surface area (Å²) >= 11 is 0. The number of methoxy groups -OCH3 is 1. The highest BCUT2D eigenvalue weighted by Crippen LogP contribution is 2.29. The van der Waals surface area contributed by atoms with Gasteiger partial charge in [-0.2, -0.15) is 0 Å². The van der Waals surface area contributed by atoms with Gasteiger partial charge in [-0.3, -0.25) is 14.4 Å². The van der Waals surface area contributed by atoms with Crippen LogP contribution < -0.4 is 4.74 Å². The largest absolute Gasteiger partial charge is 0.486 e. The van der Waals surface area contributed by atoms with Gasteiger partial charge in [0.05, 0.1) is 19.2 Å². The third kappa shape index (κ3) is 9.29. The fourth-order valence-corrected chi connectivity index (χ4v) is 5.20. The Balaban J connectivity index is 1.64. The first-order valence-corrected chi connectivity index (χ1v) is 14.9. The SMILES string of the molecule is CCCCCCCCc1ccc(OCC(=O)Cn2c(C)c(C(=O)CCCCC(=O)OC)c3cc(C(=O)O)ccc32)cc1. The Morgan fingerprint density at radius 2 is 1.55 bits per heavy atom. The van der Waals surface area contributed by atoms with Crippen LogP contribution in [0.2, 0.25) is 0 Å². The molecule has 226 valence electrons. The molecule has 0 spiro atoms. The number of aryl methyl sites for hydroxylation is 1. The molecular weight excluding hydrogens is 534 g/mol. The van der Waals surface area contributed by atoms with Crippen molar-refractivity contribution in [2.24, 2.45) is 0 Å². The average molecular weight is 578 g/mol. The topological polar surface area (TPSA) is 112 Å². The molecule has 8 nitrogen and oxygen atoms in total. The van der Waals surface area contributed by atoms with E-state index >= 15 is 0 Å². The Bertz CT molecular complexity index is 1370. The number of ether oxygens (including phenoxy) is 2. The summed E-state index contributed by atoms with van der Waals surface area (Å²) in [4.78, 5) is 49.3. The molecule has 1 N–H and O–H groups in total. The van der Waals surface area contributed by atoms with Crippen LogP contribution in [0.1, 0.15) is 103 Å². The van der Waals surface area contributed by atoms with Gasteiger partial charge in [0.2, 0.25) is 0 Å². The van der Waals surface area contributed by atoms with Crippen LogP contribution >= 0.6 is 0 Å². The number of carboxylic acid groups (broad SMARTS) is 1. The highest BCUT2D eigenvalue weighted by molar-refractivity contribution is 6.11. The number of benzene rings is 2. The number of carbonyl (C=O) groups excluding carboxylic acids is 3. The minimum absolute atomic E-state index is 0.0134. The van der Waals surface area contributed by atoms with Crippen LogP contribution in [0.25, 0.3) is 10.9 Å². The van der Waals surface area contributed by atoms with Gasteiger partial charge in [0, 0.05) is 35.0 Å². The summed E-state index contributed by atoms with van der Waals surface area (Å²) in [7, 11) is 1.33. The number of aromatic carboxylic acids is 1. The zero-order valence-corrected chi connectivity index (χ0v) is 25.1. The molecule has 8 heteroatoms. The molecule has 0 amide bonds. The summed E-state index contributed by atoms with van der Waals surface area (Å²) < 4.78 is 12.2. The first kappa shape index (κ1) is 32.6. The number of unbranched alkanes of at least 4 members (excludes halogenated alkanes) is 6. The van der Waals surface area contributed by atoms with E-state index in [4.69, 9.17) is 4.74 Å². The lowest BCUT2D eigenvalue weighted by Gasteiger charge is -2.10. The van der Waals surface area contributed by atoms with Crippen LogP contribution in [0, 0.1) is 6.92 Å². The van der Waals surface area contributed by atoms with Crippen molar-refractivity contribution in [1.29, 1.82) is 0 Å². The van der Waals surface area contributed by atoms with E-state index in [0.717, 1.165) is 6.42 Å². The monoisotopic (exact) mass is 577 g/mol. The van der Waals surface area contributed by atoms with E-state index in [-0.39, 0.29) is 49.1 Å². The second-order valence-electron chi connectivity index (χ2n) is 10.8. The van der Waals surface area contributed by atoms with Gasteiger partial charge in [0.15, 0.2) is 11.6 Å². The minimum atomic E-state index is -1.10. The fourth-order valence-electron chi connectivity index (χ4n) is 5.20. The maximum atomic E-state index is 13.3. The fraction of sp³-hybridized carbons (Fsp3) is 0.471. The standard InChI is InChI=1S/C34H43NO7/c1-4-5-6-7-8-9-12-25-15-18-28(19-16-25)42-23-27(36)22-35-24(2)33(31(37)13-10-11-14-32(38)41-3)29-21-26(34(39)40)17-20-30(29)35/h15-21H,4-14,22-23H2,1-3H3,(H,39,40). The summed E-state index contributed by atoms with van der Waals surface area (Å²) in [5, 5.41) is 10.0. The van der Waals surface area contributed by atoms with Crippen molar-refractivity contribution in [3.8, 4) is 5.75 Å². The highest BCUT2D eigenvalue weighted by atomic mass is 16.5. The van der Waals surface area contributed by atoms with Gasteiger partial charge >= 0.3 is 11.9 Å². The Kier molecular flexibility index (Phi) is 12.8. The smallest absolute Gasteiger partial charge is 0.335 e. The van der Waals surface area contributed by atoms with E-state index in [1.165, 1.54) is 63.3 Å². The van der Waals surface area contributed by atoms with Gasteiger partial charge < -0.3 is 19.1 Å². The van der Waals surface area contributed by atoms with Crippen molar-refractivity contribution in [3.05, 3.63) is 64.8 Å². The van der Waals surface area contributed by atoms with E-state index in [1.807, 2.05) is 24.3 Å². The molecule has 42 heavy (non-hydrogen) atoms.